The second-order valence-corrected chi connectivity index (χ2v) is 4.56. The molecule has 1 aromatic carbocycles. The van der Waals surface area contributed by atoms with E-state index in [-0.39, 0.29) is 0 Å². The van der Waals surface area contributed by atoms with Gasteiger partial charge in [-0.1, -0.05) is 15.9 Å². The van der Waals surface area contributed by atoms with Crippen molar-refractivity contribution >= 4 is 49.6 Å². The highest BCUT2D eigenvalue weighted by atomic mass is 79.9. The molecule has 16 heavy (non-hydrogen) atoms. The van der Waals surface area contributed by atoms with Crippen molar-refractivity contribution in [3.8, 4) is 0 Å². The molecule has 0 radical (unpaired) electrons. The van der Waals surface area contributed by atoms with Crippen molar-refractivity contribution in [2.75, 3.05) is 0 Å². The summed E-state index contributed by atoms with van der Waals surface area (Å²) < 4.78 is 6.61. The van der Waals surface area contributed by atoms with Gasteiger partial charge < -0.3 is 4.42 Å². The summed E-state index contributed by atoms with van der Waals surface area (Å²) in [5, 5.41) is 0.971. The van der Waals surface area contributed by atoms with Gasteiger partial charge in [-0.25, -0.2) is 9.97 Å². The predicted octanol–water partition coefficient (Wildman–Crippen LogP) is 3.88. The third-order valence-corrected chi connectivity index (χ3v) is 3.07. The molecular formula is C11H6BrClN2O. The maximum absolute atomic E-state index is 5.71. The molecule has 0 aliphatic heterocycles. The first kappa shape index (κ1) is 10.1. The van der Waals surface area contributed by atoms with E-state index in [0.29, 0.717) is 17.3 Å². The smallest absolute Gasteiger partial charge is 0.172 e. The Morgan fingerprint density at radius 1 is 1.31 bits per heavy atom. The van der Waals surface area contributed by atoms with Gasteiger partial charge >= 0.3 is 0 Å². The highest BCUT2D eigenvalue weighted by molar-refractivity contribution is 9.10. The van der Waals surface area contributed by atoms with Crippen molar-refractivity contribution in [2.45, 2.75) is 5.88 Å². The zero-order chi connectivity index (χ0) is 11.1. The van der Waals surface area contributed by atoms with Gasteiger partial charge in [-0.05, 0) is 18.2 Å². The van der Waals surface area contributed by atoms with Gasteiger partial charge in [-0.3, -0.25) is 0 Å². The molecule has 0 fully saturated rings. The third kappa shape index (κ3) is 1.49. The Morgan fingerprint density at radius 2 is 2.19 bits per heavy atom. The van der Waals surface area contributed by atoms with Gasteiger partial charge in [0.25, 0.3) is 0 Å². The summed E-state index contributed by atoms with van der Waals surface area (Å²) in [4.78, 5) is 8.46. The van der Waals surface area contributed by atoms with Crippen LogP contribution in [0, 0.1) is 0 Å². The maximum Gasteiger partial charge on any atom is 0.172 e. The van der Waals surface area contributed by atoms with Crippen molar-refractivity contribution in [1.29, 1.82) is 0 Å². The molecule has 0 aliphatic rings. The highest BCUT2D eigenvalue weighted by Gasteiger charge is 2.09. The quantitative estimate of drug-likeness (QED) is 0.640. The lowest BCUT2D eigenvalue weighted by atomic mass is 10.2. The Hall–Kier alpha value is -1.13. The van der Waals surface area contributed by atoms with E-state index in [4.69, 9.17) is 16.0 Å². The lowest BCUT2D eigenvalue weighted by Crippen LogP contribution is -1.89. The average Bonchev–Trinajstić information content (AvgIpc) is 2.66. The number of hydrogen-bond acceptors (Lipinski definition) is 3. The zero-order valence-electron chi connectivity index (χ0n) is 8.08. The molecule has 3 rings (SSSR count). The van der Waals surface area contributed by atoms with Gasteiger partial charge in [0.05, 0.1) is 12.1 Å². The molecule has 2 heterocycles. The van der Waals surface area contributed by atoms with E-state index in [0.717, 1.165) is 21.0 Å². The summed E-state index contributed by atoms with van der Waals surface area (Å²) in [6, 6.07) is 5.81. The maximum atomic E-state index is 5.71. The van der Waals surface area contributed by atoms with Crippen LogP contribution in [0.4, 0.5) is 0 Å². The van der Waals surface area contributed by atoms with Gasteiger partial charge in [-0.15, -0.1) is 11.6 Å². The minimum Gasteiger partial charge on any atom is -0.453 e. The zero-order valence-corrected chi connectivity index (χ0v) is 10.4. The van der Waals surface area contributed by atoms with Crippen molar-refractivity contribution in [1.82, 2.24) is 9.97 Å². The van der Waals surface area contributed by atoms with E-state index < -0.39 is 0 Å². The lowest BCUT2D eigenvalue weighted by molar-refractivity contribution is 0.665. The molecule has 0 bridgehead atoms. The van der Waals surface area contributed by atoms with E-state index in [2.05, 4.69) is 25.9 Å². The second-order valence-electron chi connectivity index (χ2n) is 3.38. The number of alkyl halides is 1. The molecule has 3 nitrogen and oxygen atoms in total. The van der Waals surface area contributed by atoms with Crippen LogP contribution in [-0.2, 0) is 5.88 Å². The Morgan fingerprint density at radius 3 is 3.00 bits per heavy atom. The van der Waals surface area contributed by atoms with E-state index in [1.807, 2.05) is 18.2 Å². The van der Waals surface area contributed by atoms with E-state index in [1.54, 1.807) is 6.20 Å². The van der Waals surface area contributed by atoms with Crippen LogP contribution in [-0.4, -0.2) is 9.97 Å². The van der Waals surface area contributed by atoms with Crippen LogP contribution in [0.3, 0.4) is 0 Å². The normalized spacial score (nSPS) is 11.4. The molecular weight excluding hydrogens is 291 g/mol. The minimum absolute atomic E-state index is 0.302. The van der Waals surface area contributed by atoms with Gasteiger partial charge in [0.15, 0.2) is 5.58 Å². The number of halogens is 2. The first-order valence-electron chi connectivity index (χ1n) is 4.67. The third-order valence-electron chi connectivity index (χ3n) is 2.34. The Labute approximate surface area is 105 Å². The fourth-order valence-corrected chi connectivity index (χ4v) is 2.12. The van der Waals surface area contributed by atoms with E-state index >= 15 is 0 Å². The Kier molecular flexibility index (Phi) is 2.33. The Bertz CT molecular complexity index is 680. The van der Waals surface area contributed by atoms with Crippen LogP contribution in [0.15, 0.2) is 33.3 Å². The van der Waals surface area contributed by atoms with Crippen molar-refractivity contribution < 1.29 is 4.42 Å². The number of benzene rings is 1. The van der Waals surface area contributed by atoms with Gasteiger partial charge in [0, 0.05) is 9.86 Å². The first-order valence-corrected chi connectivity index (χ1v) is 6.00. The molecule has 2 aromatic heterocycles. The van der Waals surface area contributed by atoms with Crippen LogP contribution in [0.5, 0.6) is 0 Å². The number of furan rings is 1. The summed E-state index contributed by atoms with van der Waals surface area (Å²) in [7, 11) is 0. The first-order chi connectivity index (χ1) is 7.78. The molecule has 0 atom stereocenters. The monoisotopic (exact) mass is 296 g/mol. The lowest BCUT2D eigenvalue weighted by Gasteiger charge is -1.93. The highest BCUT2D eigenvalue weighted by Crippen LogP contribution is 2.29. The van der Waals surface area contributed by atoms with Gasteiger partial charge in [-0.2, -0.15) is 0 Å². The fraction of sp³-hybridized carbons (Fsp3) is 0.0909. The van der Waals surface area contributed by atoms with Crippen LogP contribution >= 0.6 is 27.5 Å². The summed E-state index contributed by atoms with van der Waals surface area (Å²) >= 11 is 9.14. The number of rotatable bonds is 1. The average molecular weight is 298 g/mol. The molecule has 3 aromatic rings. The SMILES string of the molecule is ClCc1ncc2oc3ccc(Br)cc3c2n1. The van der Waals surface area contributed by atoms with E-state index in [1.165, 1.54) is 0 Å². The van der Waals surface area contributed by atoms with E-state index in [9.17, 15) is 0 Å². The largest absolute Gasteiger partial charge is 0.453 e. The molecule has 0 spiro atoms. The summed E-state index contributed by atoms with van der Waals surface area (Å²) in [5.74, 6) is 0.910. The summed E-state index contributed by atoms with van der Waals surface area (Å²) in [6.45, 7) is 0. The molecule has 0 N–H and O–H groups in total. The molecule has 80 valence electrons. The molecule has 0 unspecified atom stereocenters. The van der Waals surface area contributed by atoms with Crippen molar-refractivity contribution in [2.24, 2.45) is 0 Å². The molecule has 5 heteroatoms. The molecule has 0 saturated heterocycles. The second kappa shape index (κ2) is 3.71. The topological polar surface area (TPSA) is 38.9 Å². The molecule has 0 amide bonds. The summed E-state index contributed by atoms with van der Waals surface area (Å²) in [6.07, 6.45) is 1.66. The number of fused-ring (bicyclic) bond motifs is 3. The Balaban J connectivity index is 2.44. The van der Waals surface area contributed by atoms with Crippen LogP contribution in [0.2, 0.25) is 0 Å². The number of nitrogens with zero attached hydrogens (tertiary/aromatic N) is 2. The fourth-order valence-electron chi connectivity index (χ4n) is 1.63. The van der Waals surface area contributed by atoms with Crippen LogP contribution in [0.25, 0.3) is 22.1 Å². The van der Waals surface area contributed by atoms with Gasteiger partial charge in [0.2, 0.25) is 0 Å². The minimum atomic E-state index is 0.302. The predicted molar refractivity (Wildman–Crippen MR) is 66.6 cm³/mol. The van der Waals surface area contributed by atoms with Crippen LogP contribution in [0.1, 0.15) is 5.82 Å². The van der Waals surface area contributed by atoms with Crippen LogP contribution < -0.4 is 0 Å². The number of hydrogen-bond donors (Lipinski definition) is 0. The van der Waals surface area contributed by atoms with Gasteiger partial charge in [0.1, 0.15) is 16.9 Å². The number of aromatic nitrogens is 2. The molecule has 0 aliphatic carbocycles. The van der Waals surface area contributed by atoms with Crippen molar-refractivity contribution in [3.05, 3.63) is 34.7 Å². The summed E-state index contributed by atoms with van der Waals surface area (Å²) in [5.41, 5.74) is 2.29. The molecule has 0 saturated carbocycles. The standard InChI is InChI=1S/C11H6BrClN2O/c12-6-1-2-8-7(3-6)11-9(16-8)5-14-10(4-13)15-11/h1-3,5H,4H2. The van der Waals surface area contributed by atoms with Crippen molar-refractivity contribution in [3.63, 3.8) is 0 Å².